The Balaban J connectivity index is 1.81. The lowest BCUT2D eigenvalue weighted by Crippen LogP contribution is -2.30. The molecule has 112 valence electrons. The standard InChI is InChI=1S/C16H25BrN2O/c1-3-18(2)10-13-8-9-19(11-13)12-16(20)14-4-6-15(17)7-5-14/h4-7,13,16,20H,3,8-12H2,1-2H3. The van der Waals surface area contributed by atoms with Gasteiger partial charge in [-0.05, 0) is 50.2 Å². The van der Waals surface area contributed by atoms with Crippen LogP contribution in [0.25, 0.3) is 0 Å². The van der Waals surface area contributed by atoms with Crippen LogP contribution in [0.1, 0.15) is 25.0 Å². The Kier molecular flexibility index (Phi) is 6.02. The molecule has 1 aromatic carbocycles. The predicted octanol–water partition coefficient (Wildman–Crippen LogP) is 2.76. The Morgan fingerprint density at radius 1 is 1.40 bits per heavy atom. The SMILES string of the molecule is CCN(C)CC1CCN(CC(O)c2ccc(Br)cc2)C1. The molecule has 1 aliphatic rings. The van der Waals surface area contributed by atoms with E-state index in [2.05, 4.69) is 39.7 Å². The highest BCUT2D eigenvalue weighted by Crippen LogP contribution is 2.22. The topological polar surface area (TPSA) is 26.7 Å². The number of aliphatic hydroxyl groups excluding tert-OH is 1. The minimum atomic E-state index is -0.384. The zero-order valence-electron chi connectivity index (χ0n) is 12.4. The van der Waals surface area contributed by atoms with Gasteiger partial charge in [-0.3, -0.25) is 0 Å². The minimum absolute atomic E-state index is 0.384. The fourth-order valence-electron chi connectivity index (χ4n) is 2.83. The number of rotatable bonds is 6. The van der Waals surface area contributed by atoms with Gasteiger partial charge in [-0.1, -0.05) is 35.0 Å². The average Bonchev–Trinajstić information content (AvgIpc) is 2.86. The quantitative estimate of drug-likeness (QED) is 0.862. The van der Waals surface area contributed by atoms with Crippen molar-refractivity contribution in [2.75, 3.05) is 39.8 Å². The van der Waals surface area contributed by atoms with Gasteiger partial charge in [-0.15, -0.1) is 0 Å². The first kappa shape index (κ1) is 16.0. The molecule has 2 rings (SSSR count). The van der Waals surface area contributed by atoms with Gasteiger partial charge >= 0.3 is 0 Å². The molecule has 1 N–H and O–H groups in total. The smallest absolute Gasteiger partial charge is 0.0916 e. The van der Waals surface area contributed by atoms with Gasteiger partial charge in [-0.25, -0.2) is 0 Å². The molecule has 1 fully saturated rings. The van der Waals surface area contributed by atoms with Crippen molar-refractivity contribution in [2.45, 2.75) is 19.4 Å². The van der Waals surface area contributed by atoms with Gasteiger partial charge in [0.25, 0.3) is 0 Å². The zero-order chi connectivity index (χ0) is 14.5. The van der Waals surface area contributed by atoms with Crippen LogP contribution < -0.4 is 0 Å². The van der Waals surface area contributed by atoms with E-state index < -0.39 is 0 Å². The van der Waals surface area contributed by atoms with Crippen molar-refractivity contribution in [3.05, 3.63) is 34.3 Å². The molecular formula is C16H25BrN2O. The average molecular weight is 341 g/mol. The summed E-state index contributed by atoms with van der Waals surface area (Å²) in [4.78, 5) is 4.76. The molecular weight excluding hydrogens is 316 g/mol. The highest BCUT2D eigenvalue weighted by molar-refractivity contribution is 9.10. The van der Waals surface area contributed by atoms with Gasteiger partial charge < -0.3 is 14.9 Å². The van der Waals surface area contributed by atoms with Gasteiger partial charge in [0.05, 0.1) is 6.10 Å². The summed E-state index contributed by atoms with van der Waals surface area (Å²) in [6.07, 6.45) is 0.864. The van der Waals surface area contributed by atoms with Gasteiger partial charge in [0, 0.05) is 24.1 Å². The summed E-state index contributed by atoms with van der Waals surface area (Å²) >= 11 is 3.42. The van der Waals surface area contributed by atoms with Crippen LogP contribution in [0.2, 0.25) is 0 Å². The maximum absolute atomic E-state index is 10.3. The van der Waals surface area contributed by atoms with Crippen LogP contribution in [0.15, 0.2) is 28.7 Å². The molecule has 1 aromatic rings. The maximum Gasteiger partial charge on any atom is 0.0916 e. The molecule has 0 saturated carbocycles. The third kappa shape index (κ3) is 4.55. The van der Waals surface area contributed by atoms with Gasteiger partial charge in [0.15, 0.2) is 0 Å². The number of benzene rings is 1. The Morgan fingerprint density at radius 3 is 2.75 bits per heavy atom. The van der Waals surface area contributed by atoms with Crippen LogP contribution in [-0.2, 0) is 0 Å². The van der Waals surface area contributed by atoms with E-state index in [9.17, 15) is 5.11 Å². The fourth-order valence-corrected chi connectivity index (χ4v) is 3.10. The van der Waals surface area contributed by atoms with E-state index in [-0.39, 0.29) is 6.10 Å². The van der Waals surface area contributed by atoms with Crippen molar-refractivity contribution in [3.63, 3.8) is 0 Å². The molecule has 2 unspecified atom stereocenters. The molecule has 0 spiro atoms. The molecule has 1 heterocycles. The van der Waals surface area contributed by atoms with E-state index in [0.29, 0.717) is 0 Å². The van der Waals surface area contributed by atoms with Crippen molar-refractivity contribution in [2.24, 2.45) is 5.92 Å². The molecule has 0 aromatic heterocycles. The third-order valence-electron chi connectivity index (χ3n) is 4.17. The highest BCUT2D eigenvalue weighted by atomic mass is 79.9. The number of nitrogens with zero attached hydrogens (tertiary/aromatic N) is 2. The number of likely N-dealkylation sites (tertiary alicyclic amines) is 1. The van der Waals surface area contributed by atoms with Crippen molar-refractivity contribution < 1.29 is 5.11 Å². The lowest BCUT2D eigenvalue weighted by molar-refractivity contribution is 0.123. The van der Waals surface area contributed by atoms with E-state index in [0.717, 1.165) is 42.1 Å². The Hall–Kier alpha value is -0.420. The first-order valence-corrected chi connectivity index (χ1v) is 8.22. The van der Waals surface area contributed by atoms with Crippen LogP contribution in [-0.4, -0.2) is 54.7 Å². The summed E-state index contributed by atoms with van der Waals surface area (Å²) in [5, 5.41) is 10.3. The first-order valence-electron chi connectivity index (χ1n) is 7.43. The molecule has 1 aliphatic heterocycles. The summed E-state index contributed by atoms with van der Waals surface area (Å²) < 4.78 is 1.05. The molecule has 0 aliphatic carbocycles. The molecule has 0 amide bonds. The van der Waals surface area contributed by atoms with E-state index >= 15 is 0 Å². The predicted molar refractivity (Wildman–Crippen MR) is 86.8 cm³/mol. The second kappa shape index (κ2) is 7.55. The van der Waals surface area contributed by atoms with E-state index in [1.54, 1.807) is 0 Å². The second-order valence-corrected chi connectivity index (χ2v) is 6.75. The van der Waals surface area contributed by atoms with Crippen LogP contribution in [0.5, 0.6) is 0 Å². The van der Waals surface area contributed by atoms with Crippen LogP contribution >= 0.6 is 15.9 Å². The fraction of sp³-hybridized carbons (Fsp3) is 0.625. The lowest BCUT2D eigenvalue weighted by Gasteiger charge is -2.22. The Bertz CT molecular complexity index is 409. The van der Waals surface area contributed by atoms with Crippen molar-refractivity contribution >= 4 is 15.9 Å². The van der Waals surface area contributed by atoms with Crippen LogP contribution in [0, 0.1) is 5.92 Å². The molecule has 1 saturated heterocycles. The van der Waals surface area contributed by atoms with Crippen molar-refractivity contribution in [3.8, 4) is 0 Å². The highest BCUT2D eigenvalue weighted by Gasteiger charge is 2.25. The largest absolute Gasteiger partial charge is 0.387 e. The zero-order valence-corrected chi connectivity index (χ0v) is 14.0. The van der Waals surface area contributed by atoms with Gasteiger partial charge in [0.1, 0.15) is 0 Å². The monoisotopic (exact) mass is 340 g/mol. The minimum Gasteiger partial charge on any atom is -0.387 e. The van der Waals surface area contributed by atoms with Gasteiger partial charge in [-0.2, -0.15) is 0 Å². The summed E-state index contributed by atoms with van der Waals surface area (Å²) in [5.74, 6) is 0.747. The molecule has 4 heteroatoms. The molecule has 20 heavy (non-hydrogen) atoms. The Labute approximate surface area is 130 Å². The summed E-state index contributed by atoms with van der Waals surface area (Å²) in [5.41, 5.74) is 1.00. The van der Waals surface area contributed by atoms with E-state index in [1.807, 2.05) is 24.3 Å². The number of β-amino-alcohol motifs (C(OH)–C–C–N with tert-alkyl or cyclic N) is 1. The normalized spacial score (nSPS) is 21.6. The van der Waals surface area contributed by atoms with Crippen LogP contribution in [0.4, 0.5) is 0 Å². The molecule has 2 atom stereocenters. The molecule has 0 bridgehead atoms. The van der Waals surface area contributed by atoms with Crippen molar-refractivity contribution in [1.82, 2.24) is 9.80 Å². The summed E-state index contributed by atoms with van der Waals surface area (Å²) in [7, 11) is 2.18. The molecule has 0 radical (unpaired) electrons. The second-order valence-electron chi connectivity index (χ2n) is 5.84. The first-order chi connectivity index (χ1) is 9.58. The Morgan fingerprint density at radius 2 is 2.10 bits per heavy atom. The summed E-state index contributed by atoms with van der Waals surface area (Å²) in [6, 6.07) is 7.96. The number of aliphatic hydroxyl groups is 1. The third-order valence-corrected chi connectivity index (χ3v) is 4.69. The maximum atomic E-state index is 10.3. The van der Waals surface area contributed by atoms with Gasteiger partial charge in [0.2, 0.25) is 0 Å². The number of hydrogen-bond acceptors (Lipinski definition) is 3. The number of hydrogen-bond donors (Lipinski definition) is 1. The van der Waals surface area contributed by atoms with Crippen LogP contribution in [0.3, 0.4) is 0 Å². The van der Waals surface area contributed by atoms with Crippen molar-refractivity contribution in [1.29, 1.82) is 0 Å². The molecule has 3 nitrogen and oxygen atoms in total. The number of halogens is 1. The lowest BCUT2D eigenvalue weighted by atomic mass is 10.1. The van der Waals surface area contributed by atoms with E-state index in [1.165, 1.54) is 13.0 Å². The summed E-state index contributed by atoms with van der Waals surface area (Å²) in [6.45, 7) is 7.44. The van der Waals surface area contributed by atoms with E-state index in [4.69, 9.17) is 0 Å².